The van der Waals surface area contributed by atoms with Crippen LogP contribution in [0, 0.1) is 5.92 Å². The molecule has 0 radical (unpaired) electrons. The molecule has 0 saturated heterocycles. The van der Waals surface area contributed by atoms with E-state index in [9.17, 15) is 4.79 Å². The summed E-state index contributed by atoms with van der Waals surface area (Å²) in [5, 5.41) is 0. The maximum atomic E-state index is 12.5. The van der Waals surface area contributed by atoms with Gasteiger partial charge in [0.2, 0.25) is 0 Å². The molecule has 0 aromatic carbocycles. The Morgan fingerprint density at radius 2 is 1.88 bits per heavy atom. The summed E-state index contributed by atoms with van der Waals surface area (Å²) >= 11 is 0. The van der Waals surface area contributed by atoms with Crippen LogP contribution in [0.2, 0.25) is 0 Å². The molecule has 1 saturated carbocycles. The molecule has 0 N–H and O–H groups in total. The van der Waals surface area contributed by atoms with Crippen molar-refractivity contribution in [3.05, 3.63) is 0 Å². The van der Waals surface area contributed by atoms with Crippen LogP contribution in [0.5, 0.6) is 0 Å². The van der Waals surface area contributed by atoms with Crippen molar-refractivity contribution >= 4 is 5.78 Å². The second-order valence-corrected chi connectivity index (χ2v) is 5.65. The van der Waals surface area contributed by atoms with Gasteiger partial charge in [-0.3, -0.25) is 9.69 Å². The molecule has 1 rings (SSSR count). The van der Waals surface area contributed by atoms with E-state index in [1.165, 1.54) is 25.7 Å². The summed E-state index contributed by atoms with van der Waals surface area (Å²) in [6, 6.07) is 0. The third kappa shape index (κ3) is 2.85. The number of Topliss-reactive ketones (excluding diaryl/α,β-unsaturated/α-hetero) is 1. The molecule has 2 heteroatoms. The van der Waals surface area contributed by atoms with Gasteiger partial charge in [-0.2, -0.15) is 0 Å². The number of nitrogens with zero attached hydrogens (tertiary/aromatic N) is 1. The lowest BCUT2D eigenvalue weighted by Crippen LogP contribution is -2.49. The van der Waals surface area contributed by atoms with E-state index in [0.717, 1.165) is 19.3 Å². The first kappa shape index (κ1) is 13.7. The van der Waals surface area contributed by atoms with E-state index < -0.39 is 0 Å². The van der Waals surface area contributed by atoms with Crippen LogP contribution < -0.4 is 0 Å². The summed E-state index contributed by atoms with van der Waals surface area (Å²) in [7, 11) is 4.13. The van der Waals surface area contributed by atoms with E-state index >= 15 is 0 Å². The Morgan fingerprint density at radius 1 is 1.31 bits per heavy atom. The SMILES string of the molecule is CCCC(C)CC(=O)C1(N(C)C)CCCC1. The second kappa shape index (κ2) is 5.81. The molecule has 0 aromatic rings. The number of likely N-dealkylation sites (N-methyl/N-ethyl adjacent to an activating group) is 1. The number of carbonyl (C=O) groups excluding carboxylic acids is 1. The second-order valence-electron chi connectivity index (χ2n) is 5.65. The van der Waals surface area contributed by atoms with E-state index in [1.807, 2.05) is 0 Å². The minimum atomic E-state index is -0.123. The van der Waals surface area contributed by atoms with Crippen molar-refractivity contribution in [1.82, 2.24) is 4.90 Å². The summed E-state index contributed by atoms with van der Waals surface area (Å²) in [4.78, 5) is 14.6. The average Bonchev–Trinajstić information content (AvgIpc) is 2.67. The predicted octanol–water partition coefficient (Wildman–Crippen LogP) is 3.26. The predicted molar refractivity (Wildman–Crippen MR) is 68.6 cm³/mol. The Hall–Kier alpha value is -0.370. The largest absolute Gasteiger partial charge is 0.298 e. The summed E-state index contributed by atoms with van der Waals surface area (Å²) in [5.41, 5.74) is -0.123. The van der Waals surface area contributed by atoms with E-state index in [4.69, 9.17) is 0 Å². The molecule has 0 amide bonds. The van der Waals surface area contributed by atoms with E-state index in [0.29, 0.717) is 11.7 Å². The zero-order valence-corrected chi connectivity index (χ0v) is 11.4. The zero-order valence-electron chi connectivity index (χ0n) is 11.4. The Kier molecular flexibility index (Phi) is 4.97. The van der Waals surface area contributed by atoms with Crippen LogP contribution in [0.1, 0.15) is 58.8 Å². The van der Waals surface area contributed by atoms with E-state index in [-0.39, 0.29) is 5.54 Å². The molecule has 0 spiro atoms. The van der Waals surface area contributed by atoms with Crippen LogP contribution in [0.3, 0.4) is 0 Å². The van der Waals surface area contributed by atoms with Crippen LogP contribution in [-0.2, 0) is 4.79 Å². The number of rotatable bonds is 6. The normalized spacial score (nSPS) is 21.3. The van der Waals surface area contributed by atoms with Gasteiger partial charge in [-0.1, -0.05) is 39.5 Å². The van der Waals surface area contributed by atoms with Gasteiger partial charge in [0.25, 0.3) is 0 Å². The summed E-state index contributed by atoms with van der Waals surface area (Å²) in [6.45, 7) is 4.40. The van der Waals surface area contributed by atoms with Gasteiger partial charge in [-0.25, -0.2) is 0 Å². The number of carbonyl (C=O) groups is 1. The first-order chi connectivity index (χ1) is 7.53. The van der Waals surface area contributed by atoms with Crippen LogP contribution in [-0.4, -0.2) is 30.3 Å². The highest BCUT2D eigenvalue weighted by molar-refractivity contribution is 5.88. The maximum absolute atomic E-state index is 12.5. The molecule has 1 atom stereocenters. The van der Waals surface area contributed by atoms with Gasteiger partial charge in [0, 0.05) is 6.42 Å². The highest BCUT2D eigenvalue weighted by Gasteiger charge is 2.42. The molecule has 1 fully saturated rings. The minimum absolute atomic E-state index is 0.123. The molecule has 16 heavy (non-hydrogen) atoms. The molecular formula is C14H27NO. The lowest BCUT2D eigenvalue weighted by molar-refractivity contribution is -0.130. The molecule has 0 aliphatic heterocycles. The molecule has 0 aromatic heterocycles. The minimum Gasteiger partial charge on any atom is -0.298 e. The van der Waals surface area contributed by atoms with Crippen molar-refractivity contribution in [2.45, 2.75) is 64.3 Å². The molecule has 1 aliphatic rings. The van der Waals surface area contributed by atoms with Crippen LogP contribution >= 0.6 is 0 Å². The van der Waals surface area contributed by atoms with Gasteiger partial charge in [-0.05, 0) is 32.9 Å². The lowest BCUT2D eigenvalue weighted by atomic mass is 9.84. The van der Waals surface area contributed by atoms with Crippen LogP contribution in [0.4, 0.5) is 0 Å². The Morgan fingerprint density at radius 3 is 2.31 bits per heavy atom. The quantitative estimate of drug-likeness (QED) is 0.691. The van der Waals surface area contributed by atoms with E-state index in [2.05, 4.69) is 32.8 Å². The standard InChI is InChI=1S/C14H27NO/c1-5-8-12(2)11-13(16)14(15(3)4)9-6-7-10-14/h12H,5-11H2,1-4H3. The number of ketones is 1. The first-order valence-electron chi connectivity index (χ1n) is 6.73. The molecule has 1 aliphatic carbocycles. The van der Waals surface area contributed by atoms with E-state index in [1.54, 1.807) is 0 Å². The summed E-state index contributed by atoms with van der Waals surface area (Å²) < 4.78 is 0. The smallest absolute Gasteiger partial charge is 0.153 e. The Bertz CT molecular complexity index is 229. The molecule has 1 unspecified atom stereocenters. The Balaban J connectivity index is 2.62. The fourth-order valence-corrected chi connectivity index (χ4v) is 3.04. The fraction of sp³-hybridized carbons (Fsp3) is 0.929. The molecule has 0 heterocycles. The van der Waals surface area contributed by atoms with Crippen LogP contribution in [0.15, 0.2) is 0 Å². The lowest BCUT2D eigenvalue weighted by Gasteiger charge is -2.35. The number of hydrogen-bond acceptors (Lipinski definition) is 2. The zero-order chi connectivity index (χ0) is 12.2. The average molecular weight is 225 g/mol. The third-order valence-corrected chi connectivity index (χ3v) is 4.12. The van der Waals surface area contributed by atoms with Gasteiger partial charge < -0.3 is 0 Å². The highest BCUT2D eigenvalue weighted by Crippen LogP contribution is 2.36. The molecule has 94 valence electrons. The molecule has 0 bridgehead atoms. The third-order valence-electron chi connectivity index (χ3n) is 4.12. The van der Waals surface area contributed by atoms with Crippen molar-refractivity contribution in [2.75, 3.05) is 14.1 Å². The van der Waals surface area contributed by atoms with Gasteiger partial charge in [0.15, 0.2) is 5.78 Å². The van der Waals surface area contributed by atoms with Crippen molar-refractivity contribution in [2.24, 2.45) is 5.92 Å². The van der Waals surface area contributed by atoms with Gasteiger partial charge >= 0.3 is 0 Å². The van der Waals surface area contributed by atoms with Crippen molar-refractivity contribution in [1.29, 1.82) is 0 Å². The van der Waals surface area contributed by atoms with Gasteiger partial charge in [-0.15, -0.1) is 0 Å². The van der Waals surface area contributed by atoms with Crippen molar-refractivity contribution in [3.8, 4) is 0 Å². The van der Waals surface area contributed by atoms with Gasteiger partial charge in [0.1, 0.15) is 0 Å². The number of hydrogen-bond donors (Lipinski definition) is 0. The topological polar surface area (TPSA) is 20.3 Å². The summed E-state index contributed by atoms with van der Waals surface area (Å²) in [6.07, 6.45) is 7.69. The van der Waals surface area contributed by atoms with Gasteiger partial charge in [0.05, 0.1) is 5.54 Å². The molecule has 2 nitrogen and oxygen atoms in total. The Labute approximate surface area is 100 Å². The summed E-state index contributed by atoms with van der Waals surface area (Å²) in [5.74, 6) is 1.03. The molecular weight excluding hydrogens is 198 g/mol. The fourth-order valence-electron chi connectivity index (χ4n) is 3.04. The first-order valence-corrected chi connectivity index (χ1v) is 6.73. The maximum Gasteiger partial charge on any atom is 0.153 e. The van der Waals surface area contributed by atoms with Crippen molar-refractivity contribution < 1.29 is 4.79 Å². The highest BCUT2D eigenvalue weighted by atomic mass is 16.1. The van der Waals surface area contributed by atoms with Crippen molar-refractivity contribution in [3.63, 3.8) is 0 Å². The van der Waals surface area contributed by atoms with Crippen LogP contribution in [0.25, 0.3) is 0 Å². The monoisotopic (exact) mass is 225 g/mol.